The van der Waals surface area contributed by atoms with Crippen LogP contribution in [0.3, 0.4) is 0 Å². The predicted octanol–water partition coefficient (Wildman–Crippen LogP) is 3.04. The number of aromatic amines is 1. The maximum absolute atomic E-state index is 13.2. The van der Waals surface area contributed by atoms with Crippen molar-refractivity contribution >= 4 is 34.5 Å². The van der Waals surface area contributed by atoms with Gasteiger partial charge in [0.2, 0.25) is 5.91 Å². The minimum atomic E-state index is -2.74. The Morgan fingerprint density at radius 1 is 1.22 bits per heavy atom. The molecule has 0 bridgehead atoms. The number of amides is 1. The molecule has 5 heterocycles. The van der Waals surface area contributed by atoms with Crippen molar-refractivity contribution in [3.63, 3.8) is 0 Å². The van der Waals surface area contributed by atoms with Crippen molar-refractivity contribution in [3.05, 3.63) is 35.4 Å². The van der Waals surface area contributed by atoms with E-state index in [4.69, 9.17) is 21.6 Å². The molecule has 6 rings (SSSR count). The lowest BCUT2D eigenvalue weighted by atomic mass is 9.94. The Balaban J connectivity index is 1.22. The molecule has 1 saturated carbocycles. The van der Waals surface area contributed by atoms with Crippen LogP contribution in [0.15, 0.2) is 24.5 Å². The summed E-state index contributed by atoms with van der Waals surface area (Å²) in [4.78, 5) is 28.8. The number of likely N-dealkylation sites (tertiary alicyclic amines) is 1. The fourth-order valence-electron chi connectivity index (χ4n) is 4.82. The summed E-state index contributed by atoms with van der Waals surface area (Å²) < 4.78 is 28.2. The molecule has 3 aliphatic rings. The summed E-state index contributed by atoms with van der Waals surface area (Å²) in [6.07, 6.45) is 6.79. The van der Waals surface area contributed by atoms with Gasteiger partial charge in [-0.2, -0.15) is 5.10 Å². The van der Waals surface area contributed by atoms with Gasteiger partial charge < -0.3 is 14.8 Å². The molecule has 0 radical (unpaired) electrons. The van der Waals surface area contributed by atoms with Crippen LogP contribution >= 0.6 is 11.6 Å². The number of H-pyrrole nitrogens is 1. The number of carbonyl (C=O) groups is 1. The molecule has 0 unspecified atom stereocenters. The standard InChI is InChI=1S/C21H22ClF2N7O/c22-14-8-25-31(10-14)20(5-6-20)19-26-15-3-4-16(27-17(15)28-19)29-7-1-2-13(9-29)18(32)30-11-21(23,24)12-30/h3-4,8,10,13H,1-2,5-7,9,11-12H2,(H,26,27,28)/t13-/m1/s1. The van der Waals surface area contributed by atoms with Gasteiger partial charge in [-0.3, -0.25) is 9.48 Å². The Kier molecular flexibility index (Phi) is 4.27. The number of piperidine rings is 1. The molecule has 1 atom stereocenters. The van der Waals surface area contributed by atoms with Crippen LogP contribution < -0.4 is 4.90 Å². The summed E-state index contributed by atoms with van der Waals surface area (Å²) in [5.74, 6) is -1.64. The van der Waals surface area contributed by atoms with Crippen molar-refractivity contribution in [1.82, 2.24) is 29.6 Å². The second-order valence-electron chi connectivity index (χ2n) is 9.09. The third-order valence-corrected chi connectivity index (χ3v) is 6.93. The SMILES string of the molecule is O=C([C@@H]1CCCN(c2ccc3nc(C4(n5cc(Cl)cn5)CC4)[nH]c3n2)C1)N1CC(F)(F)C1. The molecule has 3 aromatic rings. The van der Waals surface area contributed by atoms with Gasteiger partial charge in [0.15, 0.2) is 5.65 Å². The number of pyridine rings is 1. The van der Waals surface area contributed by atoms with Crippen LogP contribution in [0.5, 0.6) is 0 Å². The molecule has 0 spiro atoms. The molecule has 3 fully saturated rings. The van der Waals surface area contributed by atoms with Crippen LogP contribution in [0.2, 0.25) is 5.02 Å². The summed E-state index contributed by atoms with van der Waals surface area (Å²) in [5, 5.41) is 4.95. The molecule has 168 valence electrons. The number of hydrogen-bond donors (Lipinski definition) is 1. The Morgan fingerprint density at radius 3 is 2.72 bits per heavy atom. The number of aromatic nitrogens is 5. The number of alkyl halides is 2. The maximum Gasteiger partial charge on any atom is 0.282 e. The first-order valence-corrected chi connectivity index (χ1v) is 11.2. The zero-order valence-corrected chi connectivity index (χ0v) is 18.0. The summed E-state index contributed by atoms with van der Waals surface area (Å²) >= 11 is 6.05. The van der Waals surface area contributed by atoms with Crippen molar-refractivity contribution in [3.8, 4) is 0 Å². The van der Waals surface area contributed by atoms with E-state index in [0.717, 1.165) is 43.0 Å². The number of fused-ring (bicyclic) bond motifs is 1. The molecule has 8 nitrogen and oxygen atoms in total. The van der Waals surface area contributed by atoms with Gasteiger partial charge in [-0.15, -0.1) is 0 Å². The monoisotopic (exact) mass is 461 g/mol. The zero-order valence-electron chi connectivity index (χ0n) is 17.3. The molecule has 11 heteroatoms. The van der Waals surface area contributed by atoms with Gasteiger partial charge in [-0.05, 0) is 37.8 Å². The minimum Gasteiger partial charge on any atom is -0.356 e. The summed E-state index contributed by atoms with van der Waals surface area (Å²) in [6.45, 7) is 0.324. The van der Waals surface area contributed by atoms with E-state index >= 15 is 0 Å². The van der Waals surface area contributed by atoms with Gasteiger partial charge in [0.25, 0.3) is 5.92 Å². The lowest BCUT2D eigenvalue weighted by Gasteiger charge is -2.42. The van der Waals surface area contributed by atoms with Gasteiger partial charge in [-0.25, -0.2) is 18.7 Å². The first-order chi connectivity index (χ1) is 15.3. The Labute approximate surface area is 187 Å². The smallest absolute Gasteiger partial charge is 0.282 e. The molecule has 3 aromatic heterocycles. The van der Waals surface area contributed by atoms with Crippen LogP contribution in [0, 0.1) is 5.92 Å². The zero-order chi connectivity index (χ0) is 22.1. The van der Waals surface area contributed by atoms with Crippen LogP contribution in [0.4, 0.5) is 14.6 Å². The molecule has 1 aliphatic carbocycles. The maximum atomic E-state index is 13.2. The number of anilines is 1. The quantitative estimate of drug-likeness (QED) is 0.645. The highest BCUT2D eigenvalue weighted by Crippen LogP contribution is 2.48. The van der Waals surface area contributed by atoms with E-state index in [1.165, 1.54) is 4.90 Å². The number of hydrogen-bond acceptors (Lipinski definition) is 5. The fourth-order valence-corrected chi connectivity index (χ4v) is 4.96. The molecule has 1 amide bonds. The molecule has 2 aliphatic heterocycles. The first kappa shape index (κ1) is 19.9. The Morgan fingerprint density at radius 2 is 2.03 bits per heavy atom. The number of nitrogens with zero attached hydrogens (tertiary/aromatic N) is 6. The third kappa shape index (κ3) is 3.23. The van der Waals surface area contributed by atoms with Crippen LogP contribution in [-0.2, 0) is 10.3 Å². The van der Waals surface area contributed by atoms with E-state index in [0.29, 0.717) is 23.6 Å². The highest BCUT2D eigenvalue weighted by atomic mass is 35.5. The average Bonchev–Trinajstić information content (AvgIpc) is 3.26. The largest absolute Gasteiger partial charge is 0.356 e. The van der Waals surface area contributed by atoms with E-state index in [1.54, 1.807) is 12.4 Å². The number of imidazole rings is 1. The van der Waals surface area contributed by atoms with Gasteiger partial charge in [0, 0.05) is 19.3 Å². The van der Waals surface area contributed by atoms with E-state index in [1.807, 2.05) is 16.8 Å². The number of carbonyl (C=O) groups excluding carboxylic acids is 1. The second-order valence-corrected chi connectivity index (χ2v) is 9.53. The van der Waals surface area contributed by atoms with Crippen LogP contribution in [0.1, 0.15) is 31.5 Å². The van der Waals surface area contributed by atoms with Crippen molar-refractivity contribution < 1.29 is 13.6 Å². The molecule has 0 aromatic carbocycles. The third-order valence-electron chi connectivity index (χ3n) is 6.73. The Hall–Kier alpha value is -2.75. The minimum absolute atomic E-state index is 0.181. The number of halogens is 3. The summed E-state index contributed by atoms with van der Waals surface area (Å²) in [7, 11) is 0. The summed E-state index contributed by atoms with van der Waals surface area (Å²) in [6, 6.07) is 3.83. The van der Waals surface area contributed by atoms with Gasteiger partial charge >= 0.3 is 0 Å². The second kappa shape index (κ2) is 6.87. The van der Waals surface area contributed by atoms with Crippen LogP contribution in [0.25, 0.3) is 11.2 Å². The molecule has 32 heavy (non-hydrogen) atoms. The van der Waals surface area contributed by atoms with E-state index in [2.05, 4.69) is 15.0 Å². The van der Waals surface area contributed by atoms with E-state index in [9.17, 15) is 13.6 Å². The molecule has 2 saturated heterocycles. The predicted molar refractivity (Wildman–Crippen MR) is 114 cm³/mol. The van der Waals surface area contributed by atoms with Gasteiger partial charge in [0.1, 0.15) is 22.7 Å². The number of rotatable bonds is 4. The first-order valence-electron chi connectivity index (χ1n) is 10.8. The Bertz CT molecular complexity index is 1200. The van der Waals surface area contributed by atoms with Gasteiger partial charge in [0.05, 0.1) is 30.2 Å². The highest BCUT2D eigenvalue weighted by Gasteiger charge is 2.50. The van der Waals surface area contributed by atoms with Crippen molar-refractivity contribution in [2.45, 2.75) is 37.1 Å². The van der Waals surface area contributed by atoms with E-state index in [-0.39, 0.29) is 17.4 Å². The summed E-state index contributed by atoms with van der Waals surface area (Å²) in [5.41, 5.74) is 1.13. The van der Waals surface area contributed by atoms with Crippen LogP contribution in [-0.4, -0.2) is 67.6 Å². The molecular formula is C21H22ClF2N7O. The van der Waals surface area contributed by atoms with Crippen molar-refractivity contribution in [1.29, 1.82) is 0 Å². The van der Waals surface area contributed by atoms with Crippen molar-refractivity contribution in [2.24, 2.45) is 5.92 Å². The lowest BCUT2D eigenvalue weighted by molar-refractivity contribution is -0.169. The molecule has 1 N–H and O–H groups in total. The topological polar surface area (TPSA) is 82.9 Å². The van der Waals surface area contributed by atoms with E-state index < -0.39 is 19.0 Å². The number of nitrogens with one attached hydrogen (secondary N) is 1. The fraction of sp³-hybridized carbons (Fsp3) is 0.524. The molecular weight excluding hydrogens is 440 g/mol. The van der Waals surface area contributed by atoms with Gasteiger partial charge in [-0.1, -0.05) is 11.6 Å². The normalized spacial score (nSPS) is 23.9. The average molecular weight is 462 g/mol. The van der Waals surface area contributed by atoms with Crippen molar-refractivity contribution in [2.75, 3.05) is 31.1 Å². The lowest BCUT2D eigenvalue weighted by Crippen LogP contribution is -2.60. The highest BCUT2D eigenvalue weighted by molar-refractivity contribution is 6.30.